The molecule has 0 aliphatic carbocycles. The minimum atomic E-state index is -0.300. The second-order valence-corrected chi connectivity index (χ2v) is 8.47. The fraction of sp³-hybridized carbons (Fsp3) is 0.0714. The van der Waals surface area contributed by atoms with Gasteiger partial charge in [0.15, 0.2) is 0 Å². The van der Waals surface area contributed by atoms with Gasteiger partial charge in [0.1, 0.15) is 29.5 Å². The molecule has 0 saturated heterocycles. The monoisotopic (exact) mass is 491 g/mol. The van der Waals surface area contributed by atoms with E-state index in [1.165, 1.54) is 12.4 Å². The number of nitrogen functional groups attached to an aromatic ring is 1. The number of nitrogens with two attached hydrogens (primary N) is 1. The van der Waals surface area contributed by atoms with Gasteiger partial charge in [-0.25, -0.2) is 15.0 Å². The third kappa shape index (κ3) is 4.96. The van der Waals surface area contributed by atoms with E-state index in [4.69, 9.17) is 10.5 Å². The Balaban J connectivity index is 1.40. The Kier molecular flexibility index (Phi) is 6.25. The van der Waals surface area contributed by atoms with Gasteiger partial charge >= 0.3 is 0 Å². The van der Waals surface area contributed by atoms with Crippen LogP contribution < -0.4 is 21.1 Å². The molecule has 0 radical (unpaired) electrons. The van der Waals surface area contributed by atoms with Crippen LogP contribution in [0.4, 0.5) is 23.0 Å². The lowest BCUT2D eigenvalue weighted by atomic mass is 10.1. The molecule has 5 aromatic rings. The average Bonchev–Trinajstić information content (AvgIpc) is 3.25. The van der Waals surface area contributed by atoms with Crippen molar-refractivity contribution in [2.45, 2.75) is 6.92 Å². The maximum Gasteiger partial charge on any atom is 0.247 e. The first-order valence-corrected chi connectivity index (χ1v) is 11.5. The van der Waals surface area contributed by atoms with Crippen molar-refractivity contribution in [2.75, 3.05) is 16.4 Å². The summed E-state index contributed by atoms with van der Waals surface area (Å²) < 4.78 is 8.10. The van der Waals surface area contributed by atoms with Crippen molar-refractivity contribution >= 4 is 40.0 Å². The van der Waals surface area contributed by atoms with Crippen molar-refractivity contribution in [3.8, 4) is 22.6 Å². The van der Waals surface area contributed by atoms with Crippen LogP contribution in [-0.4, -0.2) is 25.4 Å². The molecular formula is C28H25N7O2. The molecule has 37 heavy (non-hydrogen) atoms. The van der Waals surface area contributed by atoms with Gasteiger partial charge in [-0.05, 0) is 66.6 Å². The van der Waals surface area contributed by atoms with Crippen LogP contribution in [-0.2, 0) is 11.8 Å². The van der Waals surface area contributed by atoms with E-state index in [1.807, 2.05) is 73.1 Å². The fourth-order valence-electron chi connectivity index (χ4n) is 4.01. The maximum atomic E-state index is 11.7. The highest BCUT2D eigenvalue weighted by atomic mass is 16.5. The molecule has 0 aliphatic rings. The van der Waals surface area contributed by atoms with Gasteiger partial charge in [-0.2, -0.15) is 0 Å². The average molecular weight is 492 g/mol. The first kappa shape index (κ1) is 23.6. The van der Waals surface area contributed by atoms with Gasteiger partial charge in [0.2, 0.25) is 5.91 Å². The summed E-state index contributed by atoms with van der Waals surface area (Å²) in [5.41, 5.74) is 11.9. The number of amides is 1. The van der Waals surface area contributed by atoms with Crippen LogP contribution >= 0.6 is 0 Å². The number of nitrogens with zero attached hydrogens (tertiary/aromatic N) is 4. The van der Waals surface area contributed by atoms with Gasteiger partial charge < -0.3 is 25.7 Å². The number of benzene rings is 3. The number of carbonyl (C=O) groups is 1. The van der Waals surface area contributed by atoms with Gasteiger partial charge in [-0.3, -0.25) is 4.79 Å². The third-order valence-corrected chi connectivity index (χ3v) is 5.84. The summed E-state index contributed by atoms with van der Waals surface area (Å²) in [6.45, 7) is 5.46. The highest BCUT2D eigenvalue weighted by Gasteiger charge is 2.14. The lowest BCUT2D eigenvalue weighted by molar-refractivity contribution is -0.111. The van der Waals surface area contributed by atoms with Gasteiger partial charge in [0, 0.05) is 24.5 Å². The predicted molar refractivity (Wildman–Crippen MR) is 146 cm³/mol. The van der Waals surface area contributed by atoms with Crippen LogP contribution in [0.2, 0.25) is 0 Å². The van der Waals surface area contributed by atoms with E-state index in [1.54, 1.807) is 12.4 Å². The van der Waals surface area contributed by atoms with E-state index < -0.39 is 0 Å². The highest BCUT2D eigenvalue weighted by molar-refractivity contribution is 5.99. The summed E-state index contributed by atoms with van der Waals surface area (Å²) in [4.78, 5) is 24.7. The number of anilines is 4. The SMILES string of the molecule is C=CC(=O)Nc1cccc(-c2c(N)ncnc2Nc2ccc(Oc3ccc4c(c3)ncn4C)c(C)c2)c1. The molecule has 9 heteroatoms. The molecule has 1 amide bonds. The predicted octanol–water partition coefficient (Wildman–Crippen LogP) is 5.58. The summed E-state index contributed by atoms with van der Waals surface area (Å²) in [7, 11) is 1.96. The molecule has 2 heterocycles. The Morgan fingerprint density at radius 1 is 1.05 bits per heavy atom. The van der Waals surface area contributed by atoms with Crippen molar-refractivity contribution in [3.63, 3.8) is 0 Å². The second kappa shape index (κ2) is 9.82. The number of rotatable bonds is 7. The number of carbonyl (C=O) groups excluding carboxylic acids is 1. The normalized spacial score (nSPS) is 10.8. The smallest absolute Gasteiger partial charge is 0.247 e. The van der Waals surface area contributed by atoms with Crippen LogP contribution in [0, 0.1) is 6.92 Å². The molecule has 3 aromatic carbocycles. The Bertz CT molecular complexity index is 1640. The van der Waals surface area contributed by atoms with Gasteiger partial charge in [-0.1, -0.05) is 18.7 Å². The van der Waals surface area contributed by atoms with Crippen molar-refractivity contribution in [2.24, 2.45) is 7.05 Å². The van der Waals surface area contributed by atoms with Gasteiger partial charge in [0.25, 0.3) is 0 Å². The van der Waals surface area contributed by atoms with E-state index in [2.05, 4.69) is 32.2 Å². The first-order valence-electron chi connectivity index (χ1n) is 11.5. The molecule has 5 rings (SSSR count). The van der Waals surface area contributed by atoms with Crippen molar-refractivity contribution in [1.29, 1.82) is 0 Å². The number of aryl methyl sites for hydroxylation is 2. The maximum absolute atomic E-state index is 11.7. The summed E-state index contributed by atoms with van der Waals surface area (Å²) in [6, 6.07) is 18.9. The van der Waals surface area contributed by atoms with Crippen molar-refractivity contribution < 1.29 is 9.53 Å². The third-order valence-electron chi connectivity index (χ3n) is 5.84. The molecule has 0 saturated carbocycles. The first-order chi connectivity index (χ1) is 17.9. The standard InChI is InChI=1S/C28H25N7O2/c1-4-25(36)33-19-7-5-6-18(13-19)26-27(29)30-15-31-28(26)34-20-8-11-24(17(2)12-20)37-21-9-10-23-22(14-21)32-16-35(23)3/h4-16H,1H2,2-3H3,(H,33,36)(H3,29,30,31,34). The summed E-state index contributed by atoms with van der Waals surface area (Å²) in [6.07, 6.45) is 4.40. The molecule has 0 unspecified atom stereocenters. The zero-order valence-corrected chi connectivity index (χ0v) is 20.4. The number of hydrogen-bond donors (Lipinski definition) is 3. The minimum absolute atomic E-state index is 0.300. The quantitative estimate of drug-likeness (QED) is 0.254. The van der Waals surface area contributed by atoms with Crippen molar-refractivity contribution in [3.05, 3.63) is 91.5 Å². The largest absolute Gasteiger partial charge is 0.457 e. The molecule has 0 atom stereocenters. The number of fused-ring (bicyclic) bond motifs is 1. The summed E-state index contributed by atoms with van der Waals surface area (Å²) >= 11 is 0. The van der Waals surface area contributed by atoms with Crippen LogP contribution in [0.3, 0.4) is 0 Å². The number of nitrogens with one attached hydrogen (secondary N) is 2. The van der Waals surface area contributed by atoms with Gasteiger partial charge in [0.05, 0.1) is 22.9 Å². The molecule has 184 valence electrons. The van der Waals surface area contributed by atoms with Crippen molar-refractivity contribution in [1.82, 2.24) is 19.5 Å². The Morgan fingerprint density at radius 2 is 1.92 bits per heavy atom. The van der Waals surface area contributed by atoms with Crippen LogP contribution in [0.25, 0.3) is 22.2 Å². The molecule has 4 N–H and O–H groups in total. The zero-order valence-electron chi connectivity index (χ0n) is 20.4. The highest BCUT2D eigenvalue weighted by Crippen LogP contribution is 2.35. The number of imidazole rings is 1. The minimum Gasteiger partial charge on any atom is -0.457 e. The van der Waals surface area contributed by atoms with E-state index in [0.29, 0.717) is 28.6 Å². The van der Waals surface area contributed by atoms with E-state index in [9.17, 15) is 4.79 Å². The second-order valence-electron chi connectivity index (χ2n) is 8.47. The molecule has 0 aliphatic heterocycles. The van der Waals surface area contributed by atoms with Gasteiger partial charge in [-0.15, -0.1) is 0 Å². The molecule has 0 bridgehead atoms. The molecule has 2 aromatic heterocycles. The molecule has 0 fully saturated rings. The van der Waals surface area contributed by atoms with Crippen LogP contribution in [0.15, 0.2) is 86.0 Å². The topological polar surface area (TPSA) is 120 Å². The lowest BCUT2D eigenvalue weighted by Crippen LogP contribution is -2.07. The lowest BCUT2D eigenvalue weighted by Gasteiger charge is -2.15. The van der Waals surface area contributed by atoms with E-state index in [0.717, 1.165) is 33.6 Å². The Hall–Kier alpha value is -5.18. The zero-order chi connectivity index (χ0) is 25.9. The summed E-state index contributed by atoms with van der Waals surface area (Å²) in [5, 5.41) is 6.10. The Labute approximate surface area is 213 Å². The van der Waals surface area contributed by atoms with Crippen LogP contribution in [0.5, 0.6) is 11.5 Å². The molecular weight excluding hydrogens is 466 g/mol. The molecule has 9 nitrogen and oxygen atoms in total. The number of ether oxygens (including phenoxy) is 1. The fourth-order valence-corrected chi connectivity index (χ4v) is 4.01. The summed E-state index contributed by atoms with van der Waals surface area (Å²) in [5.74, 6) is 1.99. The number of aromatic nitrogens is 4. The van der Waals surface area contributed by atoms with E-state index in [-0.39, 0.29) is 5.91 Å². The van der Waals surface area contributed by atoms with E-state index >= 15 is 0 Å². The molecule has 0 spiro atoms. The van der Waals surface area contributed by atoms with Crippen LogP contribution in [0.1, 0.15) is 5.56 Å². The Morgan fingerprint density at radius 3 is 2.73 bits per heavy atom. The number of hydrogen-bond acceptors (Lipinski definition) is 7.